The van der Waals surface area contributed by atoms with Gasteiger partial charge in [-0.15, -0.1) is 0 Å². The topological polar surface area (TPSA) is 94.5 Å². The van der Waals surface area contributed by atoms with Crippen LogP contribution < -0.4 is 10.2 Å². The van der Waals surface area contributed by atoms with Gasteiger partial charge in [-0.05, 0) is 30.7 Å². The number of amides is 1. The lowest BCUT2D eigenvalue weighted by Crippen LogP contribution is -2.33. The summed E-state index contributed by atoms with van der Waals surface area (Å²) < 4.78 is 5.40. The molecule has 1 aromatic heterocycles. The highest BCUT2D eigenvalue weighted by Gasteiger charge is 2.22. The van der Waals surface area contributed by atoms with Crippen molar-refractivity contribution in [1.82, 2.24) is 5.16 Å². The Balaban J connectivity index is 1.58. The summed E-state index contributed by atoms with van der Waals surface area (Å²) in [6, 6.07) is 15.6. The van der Waals surface area contributed by atoms with Gasteiger partial charge in [0.2, 0.25) is 5.91 Å². The monoisotopic (exact) mass is 443 g/mol. The highest BCUT2D eigenvalue weighted by Crippen LogP contribution is 2.37. The van der Waals surface area contributed by atoms with E-state index in [1.807, 2.05) is 55.1 Å². The van der Waals surface area contributed by atoms with Crippen LogP contribution in [0.3, 0.4) is 0 Å². The van der Waals surface area contributed by atoms with E-state index in [0.29, 0.717) is 28.4 Å². The second-order valence-electron chi connectivity index (χ2n) is 7.79. The number of benzene rings is 2. The molecule has 0 unspecified atom stereocenters. The summed E-state index contributed by atoms with van der Waals surface area (Å²) in [6.45, 7) is 3.65. The molecule has 1 fully saturated rings. The van der Waals surface area contributed by atoms with Crippen molar-refractivity contribution in [1.29, 1.82) is 5.26 Å². The molecule has 32 heavy (non-hydrogen) atoms. The summed E-state index contributed by atoms with van der Waals surface area (Å²) in [5, 5.41) is 16.6. The number of carbonyl (C=O) groups is 1. The molecular formula is C24H21N5O2S. The molecule has 1 amide bonds. The molecule has 0 atom stereocenters. The first kappa shape index (κ1) is 20.3. The standard InChI is InChI=1S/C24H21N5O2S/c1-15-9-23(31-28-15)17-4-2-3-16(10-17)19-13-24(30)27-20-11-18(14-25)22(12-21(20)26-19)29-5-7-32-8-6-29/h2-4,9-12H,5-8,13H2,1H3,(H,27,30). The molecule has 5 rings (SSSR count). The fourth-order valence-corrected chi connectivity index (χ4v) is 4.88. The molecule has 2 aliphatic rings. The van der Waals surface area contributed by atoms with E-state index in [1.54, 1.807) is 6.07 Å². The molecule has 0 radical (unpaired) electrons. The minimum absolute atomic E-state index is 0.144. The van der Waals surface area contributed by atoms with Crippen LogP contribution in [0.1, 0.15) is 23.2 Å². The lowest BCUT2D eigenvalue weighted by Gasteiger charge is -2.29. The lowest BCUT2D eigenvalue weighted by molar-refractivity contribution is -0.115. The summed E-state index contributed by atoms with van der Waals surface area (Å²) in [4.78, 5) is 19.8. The van der Waals surface area contributed by atoms with Gasteiger partial charge in [0.15, 0.2) is 5.76 Å². The summed E-state index contributed by atoms with van der Waals surface area (Å²) >= 11 is 1.92. The van der Waals surface area contributed by atoms with Gasteiger partial charge in [0.1, 0.15) is 6.07 Å². The number of rotatable bonds is 3. The van der Waals surface area contributed by atoms with E-state index in [1.165, 1.54) is 0 Å². The number of aromatic nitrogens is 1. The van der Waals surface area contributed by atoms with Gasteiger partial charge in [-0.3, -0.25) is 9.79 Å². The number of nitriles is 1. The zero-order chi connectivity index (χ0) is 22.1. The van der Waals surface area contributed by atoms with Gasteiger partial charge in [0, 0.05) is 36.2 Å². The van der Waals surface area contributed by atoms with Crippen LogP contribution in [0.5, 0.6) is 0 Å². The number of anilines is 2. The van der Waals surface area contributed by atoms with Crippen molar-refractivity contribution in [3.63, 3.8) is 0 Å². The van der Waals surface area contributed by atoms with Crippen LogP contribution in [0.15, 0.2) is 52.0 Å². The van der Waals surface area contributed by atoms with Gasteiger partial charge in [0.05, 0.1) is 40.5 Å². The van der Waals surface area contributed by atoms with E-state index in [0.717, 1.165) is 47.1 Å². The van der Waals surface area contributed by atoms with Crippen molar-refractivity contribution in [3.05, 3.63) is 59.3 Å². The van der Waals surface area contributed by atoms with Crippen LogP contribution in [-0.4, -0.2) is 41.4 Å². The van der Waals surface area contributed by atoms with Gasteiger partial charge >= 0.3 is 0 Å². The summed E-state index contributed by atoms with van der Waals surface area (Å²) in [6.07, 6.45) is 0.144. The van der Waals surface area contributed by atoms with Crippen molar-refractivity contribution in [2.45, 2.75) is 13.3 Å². The zero-order valence-corrected chi connectivity index (χ0v) is 18.4. The smallest absolute Gasteiger partial charge is 0.230 e. The molecule has 7 nitrogen and oxygen atoms in total. The Bertz CT molecular complexity index is 1270. The van der Waals surface area contributed by atoms with Crippen molar-refractivity contribution in [3.8, 4) is 17.4 Å². The van der Waals surface area contributed by atoms with Gasteiger partial charge < -0.3 is 14.7 Å². The van der Waals surface area contributed by atoms with E-state index >= 15 is 0 Å². The number of carbonyl (C=O) groups excluding carboxylic acids is 1. The average Bonchev–Trinajstić information content (AvgIpc) is 3.18. The van der Waals surface area contributed by atoms with Gasteiger partial charge in [-0.1, -0.05) is 23.4 Å². The molecule has 160 valence electrons. The Labute approximate surface area is 190 Å². The number of thioether (sulfide) groups is 1. The highest BCUT2D eigenvalue weighted by atomic mass is 32.2. The minimum Gasteiger partial charge on any atom is -0.369 e. The molecule has 3 heterocycles. The number of aliphatic imine (C=N–C) groups is 1. The number of nitrogens with one attached hydrogen (secondary N) is 1. The van der Waals surface area contributed by atoms with Gasteiger partial charge in [0.25, 0.3) is 0 Å². The van der Waals surface area contributed by atoms with Crippen LogP contribution in [0.2, 0.25) is 0 Å². The van der Waals surface area contributed by atoms with E-state index in [4.69, 9.17) is 9.52 Å². The molecule has 0 aliphatic carbocycles. The molecule has 3 aromatic rings. The second-order valence-corrected chi connectivity index (χ2v) is 9.02. The normalized spacial score (nSPS) is 15.9. The maximum Gasteiger partial charge on any atom is 0.230 e. The van der Waals surface area contributed by atoms with Crippen molar-refractivity contribution in [2.24, 2.45) is 4.99 Å². The van der Waals surface area contributed by atoms with Gasteiger partial charge in [-0.2, -0.15) is 17.0 Å². The maximum absolute atomic E-state index is 12.7. The van der Waals surface area contributed by atoms with E-state index in [2.05, 4.69) is 21.4 Å². The number of hydrogen-bond acceptors (Lipinski definition) is 7. The third-order valence-corrected chi connectivity index (χ3v) is 6.49. The Morgan fingerprint density at radius 1 is 1.16 bits per heavy atom. The first-order chi connectivity index (χ1) is 15.6. The maximum atomic E-state index is 12.7. The first-order valence-electron chi connectivity index (χ1n) is 10.4. The lowest BCUT2D eigenvalue weighted by atomic mass is 10.0. The molecule has 1 N–H and O–H groups in total. The van der Waals surface area contributed by atoms with Crippen LogP contribution >= 0.6 is 11.8 Å². The third-order valence-electron chi connectivity index (χ3n) is 5.55. The molecule has 2 aliphatic heterocycles. The fraction of sp³-hybridized carbons (Fsp3) is 0.250. The summed E-state index contributed by atoms with van der Waals surface area (Å²) in [5.41, 5.74) is 5.86. The minimum atomic E-state index is -0.158. The molecule has 0 spiro atoms. The van der Waals surface area contributed by atoms with E-state index in [-0.39, 0.29) is 12.3 Å². The van der Waals surface area contributed by atoms with E-state index < -0.39 is 0 Å². The SMILES string of the molecule is Cc1cc(-c2cccc(C3=Nc4cc(N5CCSCC5)c(C#N)cc4NC(=O)C3)c2)on1. The van der Waals surface area contributed by atoms with Crippen LogP contribution in [0.4, 0.5) is 17.1 Å². The Hall–Kier alpha value is -3.57. The molecule has 1 saturated heterocycles. The van der Waals surface area contributed by atoms with Crippen molar-refractivity contribution >= 4 is 40.4 Å². The fourth-order valence-electron chi connectivity index (χ4n) is 3.97. The van der Waals surface area contributed by atoms with Crippen LogP contribution in [0.25, 0.3) is 11.3 Å². The Morgan fingerprint density at radius 2 is 1.97 bits per heavy atom. The number of aryl methyl sites for hydroxylation is 1. The summed E-state index contributed by atoms with van der Waals surface area (Å²) in [7, 11) is 0. The van der Waals surface area contributed by atoms with Crippen molar-refractivity contribution < 1.29 is 9.32 Å². The number of fused-ring (bicyclic) bond motifs is 1. The van der Waals surface area contributed by atoms with E-state index in [9.17, 15) is 10.1 Å². The van der Waals surface area contributed by atoms with Crippen LogP contribution in [-0.2, 0) is 4.79 Å². The molecule has 0 bridgehead atoms. The number of hydrogen-bond donors (Lipinski definition) is 1. The quantitative estimate of drug-likeness (QED) is 0.639. The molecule has 2 aromatic carbocycles. The molecule has 8 heteroatoms. The average molecular weight is 444 g/mol. The molecule has 0 saturated carbocycles. The largest absolute Gasteiger partial charge is 0.369 e. The highest BCUT2D eigenvalue weighted by molar-refractivity contribution is 7.99. The summed E-state index contributed by atoms with van der Waals surface area (Å²) in [5.74, 6) is 2.57. The first-order valence-corrected chi connectivity index (χ1v) is 11.6. The predicted octanol–water partition coefficient (Wildman–Crippen LogP) is 4.54. The molecular weight excluding hydrogens is 422 g/mol. The Kier molecular flexibility index (Phi) is 5.41. The predicted molar refractivity (Wildman–Crippen MR) is 127 cm³/mol. The third kappa shape index (κ3) is 3.99. The van der Waals surface area contributed by atoms with Crippen molar-refractivity contribution in [2.75, 3.05) is 34.8 Å². The van der Waals surface area contributed by atoms with Crippen LogP contribution in [0, 0.1) is 18.3 Å². The zero-order valence-electron chi connectivity index (χ0n) is 17.6. The Morgan fingerprint density at radius 3 is 2.72 bits per heavy atom. The second kappa shape index (κ2) is 8.52. The number of nitrogens with zero attached hydrogens (tertiary/aromatic N) is 4. The van der Waals surface area contributed by atoms with Gasteiger partial charge in [-0.25, -0.2) is 0 Å².